The lowest BCUT2D eigenvalue weighted by molar-refractivity contribution is 0.138. The van der Waals surface area contributed by atoms with Crippen LogP contribution in [0.5, 0.6) is 0 Å². The molecule has 1 saturated carbocycles. The highest BCUT2D eigenvalue weighted by Gasteiger charge is 2.32. The molecule has 0 aromatic carbocycles. The molecule has 0 amide bonds. The van der Waals surface area contributed by atoms with E-state index in [0.717, 1.165) is 23.7 Å². The molecular weight excluding hydrogens is 274 g/mol. The Bertz CT molecular complexity index is 402. The number of hydrogen-bond donors (Lipinski definition) is 1. The van der Waals surface area contributed by atoms with Gasteiger partial charge in [-0.3, -0.25) is 0 Å². The van der Waals surface area contributed by atoms with E-state index >= 15 is 0 Å². The summed E-state index contributed by atoms with van der Waals surface area (Å²) in [7, 11) is 0. The number of hydrogen-bond acceptors (Lipinski definition) is 2. The summed E-state index contributed by atoms with van der Waals surface area (Å²) in [6.07, 6.45) is 5.53. The maximum absolute atomic E-state index is 3.75. The molecular formula is C19H33NS. The third-order valence-electron chi connectivity index (χ3n) is 5.10. The predicted molar refractivity (Wildman–Crippen MR) is 94.9 cm³/mol. The second-order valence-electron chi connectivity index (χ2n) is 8.30. The van der Waals surface area contributed by atoms with Crippen molar-refractivity contribution in [3.63, 3.8) is 0 Å². The van der Waals surface area contributed by atoms with Gasteiger partial charge in [-0.15, -0.1) is 0 Å². The molecule has 0 aliphatic heterocycles. The summed E-state index contributed by atoms with van der Waals surface area (Å²) >= 11 is 1.84. The lowest BCUT2D eigenvalue weighted by atomic mass is 9.69. The smallest absolute Gasteiger partial charge is 0.00966 e. The molecule has 0 spiro atoms. The Morgan fingerprint density at radius 2 is 2.00 bits per heavy atom. The average molecular weight is 308 g/mol. The quantitative estimate of drug-likeness (QED) is 0.771. The molecule has 0 saturated heterocycles. The normalized spacial score (nSPS) is 27.2. The summed E-state index contributed by atoms with van der Waals surface area (Å²) in [5.74, 6) is 3.47. The molecule has 1 aromatic rings. The fourth-order valence-electron chi connectivity index (χ4n) is 3.64. The predicted octanol–water partition coefficient (Wildman–Crippen LogP) is 5.37. The second kappa shape index (κ2) is 7.28. The number of thiophene rings is 1. The minimum Gasteiger partial charge on any atom is -0.312 e. The summed E-state index contributed by atoms with van der Waals surface area (Å²) in [5.41, 5.74) is 1.79. The van der Waals surface area contributed by atoms with Crippen molar-refractivity contribution in [1.29, 1.82) is 0 Å². The van der Waals surface area contributed by atoms with Crippen molar-refractivity contribution in [1.82, 2.24) is 5.32 Å². The monoisotopic (exact) mass is 307 g/mol. The lowest BCUT2D eigenvalue weighted by Crippen LogP contribution is -2.43. The van der Waals surface area contributed by atoms with E-state index in [1.165, 1.54) is 32.2 Å². The fourth-order valence-corrected chi connectivity index (χ4v) is 4.32. The first-order valence-electron chi connectivity index (χ1n) is 8.61. The third-order valence-corrected chi connectivity index (χ3v) is 5.83. The van der Waals surface area contributed by atoms with Gasteiger partial charge in [0.2, 0.25) is 0 Å². The molecule has 2 rings (SSSR count). The van der Waals surface area contributed by atoms with Crippen molar-refractivity contribution in [2.24, 2.45) is 23.7 Å². The van der Waals surface area contributed by atoms with Gasteiger partial charge in [-0.05, 0) is 99.1 Å². The summed E-state index contributed by atoms with van der Waals surface area (Å²) < 4.78 is 0. The first-order valence-corrected chi connectivity index (χ1v) is 9.55. The Kier molecular flexibility index (Phi) is 5.90. The molecule has 1 aliphatic carbocycles. The highest BCUT2D eigenvalue weighted by Crippen LogP contribution is 2.39. The van der Waals surface area contributed by atoms with Gasteiger partial charge in [0.1, 0.15) is 0 Å². The van der Waals surface area contributed by atoms with Gasteiger partial charge in [0.05, 0.1) is 0 Å². The summed E-state index contributed by atoms with van der Waals surface area (Å²) in [4.78, 5) is 0. The van der Waals surface area contributed by atoms with Crippen LogP contribution in [0, 0.1) is 23.7 Å². The highest BCUT2D eigenvalue weighted by molar-refractivity contribution is 7.07. The lowest BCUT2D eigenvalue weighted by Gasteiger charge is -2.39. The van der Waals surface area contributed by atoms with E-state index in [0.29, 0.717) is 0 Å². The van der Waals surface area contributed by atoms with Crippen LogP contribution in [-0.2, 0) is 6.42 Å². The molecule has 120 valence electrons. The van der Waals surface area contributed by atoms with Crippen LogP contribution >= 0.6 is 11.3 Å². The van der Waals surface area contributed by atoms with Crippen molar-refractivity contribution in [3.8, 4) is 0 Å². The van der Waals surface area contributed by atoms with Crippen molar-refractivity contribution >= 4 is 11.3 Å². The largest absolute Gasteiger partial charge is 0.312 e. The molecule has 3 unspecified atom stereocenters. The van der Waals surface area contributed by atoms with Crippen LogP contribution in [0.4, 0.5) is 0 Å². The fraction of sp³-hybridized carbons (Fsp3) is 0.789. The number of rotatable bonds is 5. The molecule has 1 fully saturated rings. The van der Waals surface area contributed by atoms with Crippen molar-refractivity contribution in [3.05, 3.63) is 22.4 Å². The molecule has 1 nitrogen and oxygen atoms in total. The highest BCUT2D eigenvalue weighted by atomic mass is 32.1. The second-order valence-corrected chi connectivity index (χ2v) is 9.08. The molecule has 3 atom stereocenters. The first kappa shape index (κ1) is 17.0. The van der Waals surface area contributed by atoms with Gasteiger partial charge in [-0.1, -0.05) is 13.8 Å². The van der Waals surface area contributed by atoms with Gasteiger partial charge in [0.15, 0.2) is 0 Å². The maximum Gasteiger partial charge on any atom is 0.00966 e. The zero-order valence-corrected chi connectivity index (χ0v) is 15.3. The molecule has 2 heteroatoms. The van der Waals surface area contributed by atoms with E-state index in [1.54, 1.807) is 5.56 Å². The van der Waals surface area contributed by atoms with Crippen LogP contribution in [0.2, 0.25) is 0 Å². The Hall–Kier alpha value is -0.340. The SMILES string of the molecule is CC(C)C1CCC(CNC(C)(C)C)C(Cc2ccsc2)C1. The summed E-state index contributed by atoms with van der Waals surface area (Å²) in [6, 6.07) is 2.32. The van der Waals surface area contributed by atoms with Crippen LogP contribution in [0.15, 0.2) is 16.8 Å². The van der Waals surface area contributed by atoms with Crippen LogP contribution in [0.1, 0.15) is 59.4 Å². The molecule has 1 aliphatic rings. The Balaban J connectivity index is 1.99. The zero-order valence-electron chi connectivity index (χ0n) is 14.5. The van der Waals surface area contributed by atoms with Crippen molar-refractivity contribution in [2.45, 2.75) is 65.8 Å². The molecule has 1 aromatic heterocycles. The molecule has 1 heterocycles. The molecule has 1 N–H and O–H groups in total. The van der Waals surface area contributed by atoms with E-state index < -0.39 is 0 Å². The molecule has 0 radical (unpaired) electrons. The first-order chi connectivity index (χ1) is 9.85. The van der Waals surface area contributed by atoms with Crippen LogP contribution in [-0.4, -0.2) is 12.1 Å². The third kappa shape index (κ3) is 5.41. The van der Waals surface area contributed by atoms with Gasteiger partial charge in [0, 0.05) is 5.54 Å². The van der Waals surface area contributed by atoms with Gasteiger partial charge >= 0.3 is 0 Å². The van der Waals surface area contributed by atoms with E-state index in [1.807, 2.05) is 11.3 Å². The topological polar surface area (TPSA) is 12.0 Å². The Morgan fingerprint density at radius 1 is 1.24 bits per heavy atom. The minimum absolute atomic E-state index is 0.238. The van der Waals surface area contributed by atoms with Gasteiger partial charge in [-0.25, -0.2) is 0 Å². The Morgan fingerprint density at radius 3 is 2.57 bits per heavy atom. The molecule has 21 heavy (non-hydrogen) atoms. The van der Waals surface area contributed by atoms with Crippen LogP contribution in [0.3, 0.4) is 0 Å². The van der Waals surface area contributed by atoms with E-state index in [-0.39, 0.29) is 5.54 Å². The van der Waals surface area contributed by atoms with Gasteiger partial charge in [0.25, 0.3) is 0 Å². The summed E-state index contributed by atoms with van der Waals surface area (Å²) in [6.45, 7) is 12.8. The van der Waals surface area contributed by atoms with Crippen molar-refractivity contribution < 1.29 is 0 Å². The molecule has 0 bridgehead atoms. The summed E-state index contributed by atoms with van der Waals surface area (Å²) in [5, 5.41) is 8.31. The van der Waals surface area contributed by atoms with Gasteiger partial charge in [-0.2, -0.15) is 11.3 Å². The van der Waals surface area contributed by atoms with E-state index in [9.17, 15) is 0 Å². The van der Waals surface area contributed by atoms with Crippen molar-refractivity contribution in [2.75, 3.05) is 6.54 Å². The average Bonchev–Trinajstić information content (AvgIpc) is 2.89. The van der Waals surface area contributed by atoms with Crippen LogP contribution < -0.4 is 5.32 Å². The Labute approximate surface area is 135 Å². The van der Waals surface area contributed by atoms with E-state index in [2.05, 4.69) is 56.8 Å². The van der Waals surface area contributed by atoms with E-state index in [4.69, 9.17) is 0 Å². The minimum atomic E-state index is 0.238. The zero-order chi connectivity index (χ0) is 15.5. The maximum atomic E-state index is 3.75. The van der Waals surface area contributed by atoms with Gasteiger partial charge < -0.3 is 5.32 Å². The van der Waals surface area contributed by atoms with Crippen LogP contribution in [0.25, 0.3) is 0 Å². The number of nitrogens with one attached hydrogen (secondary N) is 1. The standard InChI is InChI=1S/C19H33NS/c1-14(2)16-6-7-17(12-20-19(3,4)5)18(11-16)10-15-8-9-21-13-15/h8-9,13-14,16-18,20H,6-7,10-12H2,1-5H3.